The number of fused-ring (bicyclic) bond motifs is 2. The zero-order valence-electron chi connectivity index (χ0n) is 10.5. The minimum Gasteiger partial charge on any atom is -0.459 e. The van der Waals surface area contributed by atoms with Gasteiger partial charge in [0.25, 0.3) is 0 Å². The van der Waals surface area contributed by atoms with Gasteiger partial charge in [0.2, 0.25) is 0 Å². The number of aliphatic hydroxyl groups excluding tert-OH is 1. The molecule has 4 unspecified atom stereocenters. The van der Waals surface area contributed by atoms with Crippen LogP contribution in [0.3, 0.4) is 0 Å². The SMILES string of the molecule is CCC1OC(=O)C2Cc3ccccc3CC2C1O. The summed E-state index contributed by atoms with van der Waals surface area (Å²) in [6.07, 6.45) is 1.31. The van der Waals surface area contributed by atoms with Crippen molar-refractivity contribution in [3.63, 3.8) is 0 Å². The van der Waals surface area contributed by atoms with Crippen molar-refractivity contribution < 1.29 is 14.6 Å². The van der Waals surface area contributed by atoms with Crippen LogP contribution in [-0.4, -0.2) is 23.3 Å². The van der Waals surface area contributed by atoms with Gasteiger partial charge < -0.3 is 9.84 Å². The zero-order chi connectivity index (χ0) is 12.7. The van der Waals surface area contributed by atoms with Crippen molar-refractivity contribution in [1.82, 2.24) is 0 Å². The number of ether oxygens (including phenoxy) is 1. The van der Waals surface area contributed by atoms with E-state index in [9.17, 15) is 9.90 Å². The third kappa shape index (κ3) is 1.74. The number of carbonyl (C=O) groups excluding carboxylic acids is 1. The van der Waals surface area contributed by atoms with Crippen molar-refractivity contribution in [1.29, 1.82) is 0 Å². The summed E-state index contributed by atoms with van der Waals surface area (Å²) in [6, 6.07) is 8.18. The molecule has 1 fully saturated rings. The molecule has 1 aliphatic carbocycles. The molecule has 1 heterocycles. The molecule has 3 rings (SSSR count). The van der Waals surface area contributed by atoms with Crippen molar-refractivity contribution >= 4 is 5.97 Å². The number of aliphatic hydroxyl groups is 1. The summed E-state index contributed by atoms with van der Waals surface area (Å²) >= 11 is 0. The zero-order valence-corrected chi connectivity index (χ0v) is 10.5. The highest BCUT2D eigenvalue weighted by atomic mass is 16.6. The molecule has 1 aliphatic heterocycles. The van der Waals surface area contributed by atoms with E-state index in [1.165, 1.54) is 11.1 Å². The highest BCUT2D eigenvalue weighted by molar-refractivity contribution is 5.75. The molecule has 4 atom stereocenters. The second kappa shape index (κ2) is 4.39. The molecule has 0 aromatic heterocycles. The van der Waals surface area contributed by atoms with Gasteiger partial charge in [0, 0.05) is 5.92 Å². The van der Waals surface area contributed by atoms with E-state index in [1.54, 1.807) is 0 Å². The van der Waals surface area contributed by atoms with Crippen LogP contribution >= 0.6 is 0 Å². The van der Waals surface area contributed by atoms with Crippen LogP contribution in [0.5, 0.6) is 0 Å². The maximum absolute atomic E-state index is 12.0. The molecule has 0 amide bonds. The van der Waals surface area contributed by atoms with Gasteiger partial charge in [0.15, 0.2) is 0 Å². The highest BCUT2D eigenvalue weighted by Gasteiger charge is 2.46. The van der Waals surface area contributed by atoms with Crippen LogP contribution in [-0.2, 0) is 22.4 Å². The fraction of sp³-hybridized carbons (Fsp3) is 0.533. The first-order chi connectivity index (χ1) is 8.70. The number of cyclic esters (lactones) is 1. The van der Waals surface area contributed by atoms with E-state index in [4.69, 9.17) is 4.74 Å². The molecule has 2 aliphatic rings. The van der Waals surface area contributed by atoms with Crippen LogP contribution in [0.25, 0.3) is 0 Å². The summed E-state index contributed by atoms with van der Waals surface area (Å²) in [4.78, 5) is 12.0. The summed E-state index contributed by atoms with van der Waals surface area (Å²) in [5.74, 6) is -0.282. The Morgan fingerprint density at radius 2 is 1.94 bits per heavy atom. The first-order valence-corrected chi connectivity index (χ1v) is 6.66. The number of hydrogen-bond acceptors (Lipinski definition) is 3. The fourth-order valence-corrected chi connectivity index (χ4v) is 3.26. The summed E-state index contributed by atoms with van der Waals surface area (Å²) in [5, 5.41) is 10.3. The van der Waals surface area contributed by atoms with Gasteiger partial charge in [-0.05, 0) is 30.4 Å². The van der Waals surface area contributed by atoms with E-state index >= 15 is 0 Å². The van der Waals surface area contributed by atoms with Crippen LogP contribution in [0.4, 0.5) is 0 Å². The smallest absolute Gasteiger partial charge is 0.310 e. The van der Waals surface area contributed by atoms with Gasteiger partial charge in [0.05, 0.1) is 12.0 Å². The molecule has 0 bridgehead atoms. The first-order valence-electron chi connectivity index (χ1n) is 6.66. The van der Waals surface area contributed by atoms with Gasteiger partial charge in [-0.2, -0.15) is 0 Å². The van der Waals surface area contributed by atoms with Crippen molar-refractivity contribution in [2.75, 3.05) is 0 Å². The van der Waals surface area contributed by atoms with Crippen LogP contribution in [0.2, 0.25) is 0 Å². The molecule has 1 N–H and O–H groups in total. The number of benzene rings is 1. The van der Waals surface area contributed by atoms with Crippen LogP contribution in [0.1, 0.15) is 24.5 Å². The standard InChI is InChI=1S/C15H18O3/c1-2-13-14(16)11-7-9-5-3-4-6-10(9)8-12(11)15(17)18-13/h3-6,11-14,16H,2,7-8H2,1H3. The number of hydrogen-bond donors (Lipinski definition) is 1. The van der Waals surface area contributed by atoms with Gasteiger partial charge in [-0.3, -0.25) is 4.79 Å². The second-order valence-electron chi connectivity index (χ2n) is 5.32. The molecule has 0 spiro atoms. The Kier molecular flexibility index (Phi) is 2.86. The van der Waals surface area contributed by atoms with E-state index in [1.807, 2.05) is 19.1 Å². The van der Waals surface area contributed by atoms with E-state index < -0.39 is 6.10 Å². The van der Waals surface area contributed by atoms with Crippen LogP contribution < -0.4 is 0 Å². The molecule has 0 radical (unpaired) electrons. The number of esters is 1. The van der Waals surface area contributed by atoms with Gasteiger partial charge in [0.1, 0.15) is 6.10 Å². The maximum Gasteiger partial charge on any atom is 0.310 e. The second-order valence-corrected chi connectivity index (χ2v) is 5.32. The molecule has 3 nitrogen and oxygen atoms in total. The predicted octanol–water partition coefficient (Wildman–Crippen LogP) is 1.71. The molecule has 18 heavy (non-hydrogen) atoms. The van der Waals surface area contributed by atoms with Gasteiger partial charge in [-0.25, -0.2) is 0 Å². The fourth-order valence-electron chi connectivity index (χ4n) is 3.26. The molecule has 1 aromatic rings. The summed E-state index contributed by atoms with van der Waals surface area (Å²) < 4.78 is 5.34. The minimum absolute atomic E-state index is 0.0195. The average molecular weight is 246 g/mol. The van der Waals surface area contributed by atoms with E-state index in [0.717, 1.165) is 6.42 Å². The molecule has 96 valence electrons. The Labute approximate surface area is 107 Å². The largest absolute Gasteiger partial charge is 0.459 e. The lowest BCUT2D eigenvalue weighted by Gasteiger charge is -2.42. The predicted molar refractivity (Wildman–Crippen MR) is 67.0 cm³/mol. The molecular formula is C15H18O3. The summed E-state index contributed by atoms with van der Waals surface area (Å²) in [7, 11) is 0. The normalized spacial score (nSPS) is 34.4. The van der Waals surface area contributed by atoms with Crippen LogP contribution in [0, 0.1) is 11.8 Å². The van der Waals surface area contributed by atoms with Gasteiger partial charge in [-0.1, -0.05) is 31.2 Å². The lowest BCUT2D eigenvalue weighted by molar-refractivity contribution is -0.182. The van der Waals surface area contributed by atoms with Crippen LogP contribution in [0.15, 0.2) is 24.3 Å². The quantitative estimate of drug-likeness (QED) is 0.767. The third-order valence-corrected chi connectivity index (χ3v) is 4.32. The Hall–Kier alpha value is -1.35. The van der Waals surface area contributed by atoms with E-state index in [2.05, 4.69) is 12.1 Å². The molecule has 1 aromatic carbocycles. The maximum atomic E-state index is 12.0. The molecule has 0 saturated carbocycles. The number of rotatable bonds is 1. The van der Waals surface area contributed by atoms with E-state index in [-0.39, 0.29) is 23.9 Å². The third-order valence-electron chi connectivity index (χ3n) is 4.32. The van der Waals surface area contributed by atoms with Gasteiger partial charge in [-0.15, -0.1) is 0 Å². The lowest BCUT2D eigenvalue weighted by atomic mass is 9.70. The topological polar surface area (TPSA) is 46.5 Å². The minimum atomic E-state index is -0.522. The highest BCUT2D eigenvalue weighted by Crippen LogP contribution is 2.38. The Balaban J connectivity index is 1.93. The first kappa shape index (κ1) is 11.7. The molecule has 1 saturated heterocycles. The Bertz CT molecular complexity index is 469. The summed E-state index contributed by atoms with van der Waals surface area (Å²) in [6.45, 7) is 1.94. The molecule has 3 heteroatoms. The Morgan fingerprint density at radius 3 is 2.61 bits per heavy atom. The summed E-state index contributed by atoms with van der Waals surface area (Å²) in [5.41, 5.74) is 2.49. The lowest BCUT2D eigenvalue weighted by Crippen LogP contribution is -2.51. The van der Waals surface area contributed by atoms with Gasteiger partial charge >= 0.3 is 5.97 Å². The average Bonchev–Trinajstić information content (AvgIpc) is 2.41. The van der Waals surface area contributed by atoms with Crippen molar-refractivity contribution in [2.45, 2.75) is 38.4 Å². The van der Waals surface area contributed by atoms with E-state index in [0.29, 0.717) is 12.8 Å². The van der Waals surface area contributed by atoms with Crippen molar-refractivity contribution in [2.24, 2.45) is 11.8 Å². The van der Waals surface area contributed by atoms with Crippen molar-refractivity contribution in [3.05, 3.63) is 35.4 Å². The van der Waals surface area contributed by atoms with Crippen molar-refractivity contribution in [3.8, 4) is 0 Å². The molecular weight excluding hydrogens is 228 g/mol. The Morgan fingerprint density at radius 1 is 1.28 bits per heavy atom. The monoisotopic (exact) mass is 246 g/mol. The number of carbonyl (C=O) groups is 1.